The summed E-state index contributed by atoms with van der Waals surface area (Å²) >= 11 is 6.04. The summed E-state index contributed by atoms with van der Waals surface area (Å²) in [5.41, 5.74) is 2.15. The Labute approximate surface area is 202 Å². The number of benzene rings is 2. The maximum atomic E-state index is 14.1. The minimum atomic E-state index is -0.632. The first-order valence-electron chi connectivity index (χ1n) is 11.1. The number of aromatic nitrogens is 2. The van der Waals surface area contributed by atoms with E-state index in [-0.39, 0.29) is 18.1 Å². The molecule has 9 heteroatoms. The quantitative estimate of drug-likeness (QED) is 0.495. The standard InChI is InChI=1S/C25H27ClF2N4O2/c1-17-14-23(30(2)29-17)25(33)32-12-10-31(11-13-32)15-24(18-6-8-19(26)9-7-18)34-16-20-21(27)4-3-5-22(20)28/h3-9,14,24H,10-13,15-16H2,1-2H3. The lowest BCUT2D eigenvalue weighted by atomic mass is 10.1. The molecule has 0 N–H and O–H groups in total. The molecule has 1 fully saturated rings. The Morgan fingerprint density at radius 2 is 1.74 bits per heavy atom. The van der Waals surface area contributed by atoms with Gasteiger partial charge in [-0.25, -0.2) is 8.78 Å². The average molecular weight is 489 g/mol. The predicted octanol–water partition coefficient (Wildman–Crippen LogP) is 4.38. The zero-order valence-corrected chi connectivity index (χ0v) is 19.9. The van der Waals surface area contributed by atoms with Crippen molar-refractivity contribution in [2.45, 2.75) is 19.6 Å². The number of hydrogen-bond donors (Lipinski definition) is 0. The molecule has 180 valence electrons. The molecule has 2 aromatic carbocycles. The normalized spacial score (nSPS) is 15.5. The van der Waals surface area contributed by atoms with E-state index in [1.54, 1.807) is 29.9 Å². The number of carbonyl (C=O) groups is 1. The van der Waals surface area contributed by atoms with Gasteiger partial charge in [-0.2, -0.15) is 5.10 Å². The fourth-order valence-electron chi connectivity index (χ4n) is 4.13. The monoisotopic (exact) mass is 488 g/mol. The molecule has 1 aliphatic rings. The molecule has 3 aromatic rings. The van der Waals surface area contributed by atoms with Gasteiger partial charge in [0.25, 0.3) is 5.91 Å². The molecular formula is C25H27ClF2N4O2. The summed E-state index contributed by atoms with van der Waals surface area (Å²) < 4.78 is 35.9. The number of halogens is 3. The van der Waals surface area contributed by atoms with Gasteiger partial charge in [0.1, 0.15) is 17.3 Å². The first-order valence-corrected chi connectivity index (χ1v) is 11.5. The molecule has 34 heavy (non-hydrogen) atoms. The summed E-state index contributed by atoms with van der Waals surface area (Å²) in [6.45, 7) is 4.64. The summed E-state index contributed by atoms with van der Waals surface area (Å²) in [6.07, 6.45) is -0.418. The van der Waals surface area contributed by atoms with Crippen molar-refractivity contribution < 1.29 is 18.3 Å². The molecule has 1 saturated heterocycles. The van der Waals surface area contributed by atoms with Gasteiger partial charge >= 0.3 is 0 Å². The highest BCUT2D eigenvalue weighted by Crippen LogP contribution is 2.25. The third-order valence-electron chi connectivity index (χ3n) is 6.04. The van der Waals surface area contributed by atoms with Gasteiger partial charge in [-0.3, -0.25) is 14.4 Å². The highest BCUT2D eigenvalue weighted by molar-refractivity contribution is 6.30. The van der Waals surface area contributed by atoms with E-state index in [4.69, 9.17) is 16.3 Å². The minimum absolute atomic E-state index is 0.0386. The van der Waals surface area contributed by atoms with Crippen molar-refractivity contribution in [2.75, 3.05) is 32.7 Å². The molecule has 1 unspecified atom stereocenters. The van der Waals surface area contributed by atoms with Crippen LogP contribution in [0.2, 0.25) is 5.02 Å². The lowest BCUT2D eigenvalue weighted by molar-refractivity contribution is 0.00134. The van der Waals surface area contributed by atoms with Crippen LogP contribution >= 0.6 is 11.6 Å². The molecule has 0 spiro atoms. The molecule has 1 aromatic heterocycles. The maximum absolute atomic E-state index is 14.1. The molecule has 0 aliphatic carbocycles. The van der Waals surface area contributed by atoms with Gasteiger partial charge in [0, 0.05) is 50.4 Å². The van der Waals surface area contributed by atoms with Crippen molar-refractivity contribution >= 4 is 17.5 Å². The fourth-order valence-corrected chi connectivity index (χ4v) is 4.25. The van der Waals surface area contributed by atoms with Gasteiger partial charge in [0.15, 0.2) is 0 Å². The van der Waals surface area contributed by atoms with E-state index in [9.17, 15) is 13.6 Å². The number of hydrogen-bond acceptors (Lipinski definition) is 4. The number of rotatable bonds is 7. The van der Waals surface area contributed by atoms with Crippen LogP contribution in [0.3, 0.4) is 0 Å². The first-order chi connectivity index (χ1) is 16.3. The number of aryl methyl sites for hydroxylation is 2. The summed E-state index contributed by atoms with van der Waals surface area (Å²) in [7, 11) is 1.77. The Hall–Kier alpha value is -2.81. The van der Waals surface area contributed by atoms with Crippen molar-refractivity contribution in [3.63, 3.8) is 0 Å². The second-order valence-electron chi connectivity index (χ2n) is 8.44. The van der Waals surface area contributed by atoms with E-state index in [1.807, 2.05) is 24.0 Å². The molecule has 4 rings (SSSR count). The second-order valence-corrected chi connectivity index (χ2v) is 8.88. The third kappa shape index (κ3) is 5.63. The van der Waals surface area contributed by atoms with Crippen LogP contribution in [0.1, 0.15) is 33.4 Å². The van der Waals surface area contributed by atoms with Gasteiger partial charge in [-0.15, -0.1) is 0 Å². The summed E-state index contributed by atoms with van der Waals surface area (Å²) in [5.74, 6) is -1.30. The van der Waals surface area contributed by atoms with E-state index in [2.05, 4.69) is 10.00 Å². The van der Waals surface area contributed by atoms with E-state index in [0.29, 0.717) is 43.4 Å². The average Bonchev–Trinajstić information content (AvgIpc) is 3.16. The molecule has 1 amide bonds. The van der Waals surface area contributed by atoms with Crippen molar-refractivity contribution in [3.05, 3.63) is 87.7 Å². The molecular weight excluding hydrogens is 462 g/mol. The highest BCUT2D eigenvalue weighted by atomic mass is 35.5. The molecule has 0 saturated carbocycles. The van der Waals surface area contributed by atoms with E-state index < -0.39 is 17.7 Å². The van der Waals surface area contributed by atoms with Crippen LogP contribution in [0.5, 0.6) is 0 Å². The lowest BCUT2D eigenvalue weighted by Gasteiger charge is -2.36. The van der Waals surface area contributed by atoms with Gasteiger partial charge in [-0.1, -0.05) is 29.8 Å². The first kappa shape index (κ1) is 24.3. The molecule has 0 bridgehead atoms. The molecule has 0 radical (unpaired) electrons. The number of ether oxygens (including phenoxy) is 1. The van der Waals surface area contributed by atoms with Crippen molar-refractivity contribution in [3.8, 4) is 0 Å². The summed E-state index contributed by atoms with van der Waals surface area (Å²) in [5, 5.41) is 4.86. The Morgan fingerprint density at radius 3 is 2.32 bits per heavy atom. The van der Waals surface area contributed by atoms with Crippen LogP contribution in [0.4, 0.5) is 8.78 Å². The van der Waals surface area contributed by atoms with E-state index >= 15 is 0 Å². The maximum Gasteiger partial charge on any atom is 0.272 e. The largest absolute Gasteiger partial charge is 0.367 e. The Morgan fingerprint density at radius 1 is 1.09 bits per heavy atom. The van der Waals surface area contributed by atoms with E-state index in [1.165, 1.54) is 18.2 Å². The number of piperazine rings is 1. The third-order valence-corrected chi connectivity index (χ3v) is 6.29. The van der Waals surface area contributed by atoms with Crippen molar-refractivity contribution in [1.29, 1.82) is 0 Å². The number of nitrogens with zero attached hydrogens (tertiary/aromatic N) is 4. The van der Waals surface area contributed by atoms with E-state index in [0.717, 1.165) is 11.3 Å². The molecule has 2 heterocycles. The van der Waals surface area contributed by atoms with Crippen LogP contribution < -0.4 is 0 Å². The fraction of sp³-hybridized carbons (Fsp3) is 0.360. The van der Waals surface area contributed by atoms with Crippen LogP contribution in [0.15, 0.2) is 48.5 Å². The Bertz CT molecular complexity index is 1120. The van der Waals surface area contributed by atoms with Gasteiger partial charge < -0.3 is 9.64 Å². The Balaban J connectivity index is 1.42. The number of carbonyl (C=O) groups excluding carboxylic acids is 1. The van der Waals surface area contributed by atoms with Crippen molar-refractivity contribution in [1.82, 2.24) is 19.6 Å². The summed E-state index contributed by atoms with van der Waals surface area (Å²) in [6, 6.07) is 12.8. The van der Waals surface area contributed by atoms with Crippen LogP contribution in [0.25, 0.3) is 0 Å². The topological polar surface area (TPSA) is 50.6 Å². The van der Waals surface area contributed by atoms with Crippen LogP contribution in [-0.4, -0.2) is 58.2 Å². The number of amides is 1. The van der Waals surface area contributed by atoms with Crippen molar-refractivity contribution in [2.24, 2.45) is 7.05 Å². The Kier molecular flexibility index (Phi) is 7.60. The van der Waals surface area contributed by atoms with Gasteiger partial charge in [0.05, 0.1) is 18.4 Å². The highest BCUT2D eigenvalue weighted by Gasteiger charge is 2.26. The molecule has 6 nitrogen and oxygen atoms in total. The predicted molar refractivity (Wildman–Crippen MR) is 126 cm³/mol. The lowest BCUT2D eigenvalue weighted by Crippen LogP contribution is -2.50. The molecule has 1 aliphatic heterocycles. The summed E-state index contributed by atoms with van der Waals surface area (Å²) in [4.78, 5) is 16.9. The second kappa shape index (κ2) is 10.6. The SMILES string of the molecule is Cc1cc(C(=O)N2CCN(CC(OCc3c(F)cccc3F)c3ccc(Cl)cc3)CC2)n(C)n1. The minimum Gasteiger partial charge on any atom is -0.367 e. The molecule has 1 atom stereocenters. The van der Waals surface area contributed by atoms with Crippen LogP contribution in [0, 0.1) is 18.6 Å². The zero-order valence-electron chi connectivity index (χ0n) is 19.2. The van der Waals surface area contributed by atoms with Crippen LogP contribution in [-0.2, 0) is 18.4 Å². The zero-order chi connectivity index (χ0) is 24.2. The van der Waals surface area contributed by atoms with Gasteiger partial charge in [-0.05, 0) is 42.8 Å². The van der Waals surface area contributed by atoms with Gasteiger partial charge in [0.2, 0.25) is 0 Å². The smallest absolute Gasteiger partial charge is 0.272 e.